The maximum atomic E-state index is 13.0. The van der Waals surface area contributed by atoms with Crippen LogP contribution in [0.15, 0.2) is 59.4 Å². The molecule has 1 N–H and O–H groups in total. The molecule has 0 saturated carbocycles. The summed E-state index contributed by atoms with van der Waals surface area (Å²) in [5.41, 5.74) is 2.70. The number of carbonyl (C=O) groups excluding carboxylic acids is 1. The molecule has 0 spiro atoms. The number of ether oxygens (including phenoxy) is 2. The molecule has 1 aromatic heterocycles. The van der Waals surface area contributed by atoms with Gasteiger partial charge in [0, 0.05) is 25.7 Å². The lowest BCUT2D eigenvalue weighted by atomic mass is 9.97. The second kappa shape index (κ2) is 11.7. The highest BCUT2D eigenvalue weighted by molar-refractivity contribution is 5.79. The van der Waals surface area contributed by atoms with Gasteiger partial charge in [-0.1, -0.05) is 25.1 Å². The predicted molar refractivity (Wildman–Crippen MR) is 140 cm³/mol. The quantitative estimate of drug-likeness (QED) is 0.492. The van der Waals surface area contributed by atoms with Gasteiger partial charge in [-0.2, -0.15) is 4.68 Å². The smallest absolute Gasteiger partial charge is 0.271 e. The maximum Gasteiger partial charge on any atom is 0.271 e. The first-order valence-electron chi connectivity index (χ1n) is 12.5. The van der Waals surface area contributed by atoms with Crippen LogP contribution in [0.1, 0.15) is 37.8 Å². The number of benzene rings is 2. The van der Waals surface area contributed by atoms with Gasteiger partial charge in [0.25, 0.3) is 5.56 Å². The Bertz CT molecular complexity index is 1240. The molecule has 4 rings (SSSR count). The number of hydrogen-bond acceptors (Lipinski definition) is 6. The number of amides is 1. The largest absolute Gasteiger partial charge is 0.493 e. The van der Waals surface area contributed by atoms with Crippen LogP contribution < -0.4 is 25.2 Å². The van der Waals surface area contributed by atoms with Crippen LogP contribution in [-0.4, -0.2) is 42.5 Å². The Morgan fingerprint density at radius 2 is 1.83 bits per heavy atom. The lowest BCUT2D eigenvalue weighted by Crippen LogP contribution is -2.43. The van der Waals surface area contributed by atoms with E-state index in [-0.39, 0.29) is 17.4 Å². The van der Waals surface area contributed by atoms with Crippen molar-refractivity contribution in [1.82, 2.24) is 15.1 Å². The first-order chi connectivity index (χ1) is 17.5. The molecule has 190 valence electrons. The van der Waals surface area contributed by atoms with Gasteiger partial charge in [0.1, 0.15) is 5.82 Å². The van der Waals surface area contributed by atoms with E-state index in [1.165, 1.54) is 10.2 Å². The Labute approximate surface area is 211 Å². The zero-order valence-corrected chi connectivity index (χ0v) is 21.2. The minimum Gasteiger partial charge on any atom is -0.493 e. The molecule has 8 heteroatoms. The monoisotopic (exact) mass is 490 g/mol. The molecule has 2 aromatic carbocycles. The van der Waals surface area contributed by atoms with E-state index >= 15 is 0 Å². The van der Waals surface area contributed by atoms with Gasteiger partial charge in [-0.3, -0.25) is 9.59 Å². The van der Waals surface area contributed by atoms with Gasteiger partial charge in [0.05, 0.1) is 25.3 Å². The Morgan fingerprint density at radius 1 is 1.06 bits per heavy atom. The number of aromatic nitrogens is 2. The van der Waals surface area contributed by atoms with E-state index in [0.717, 1.165) is 37.1 Å². The number of methoxy groups -OCH3 is 1. The van der Waals surface area contributed by atoms with Crippen LogP contribution in [0, 0.1) is 5.92 Å². The van der Waals surface area contributed by atoms with Crippen molar-refractivity contribution in [3.63, 3.8) is 0 Å². The minimum atomic E-state index is -0.180. The Balaban J connectivity index is 1.42. The third kappa shape index (κ3) is 5.87. The van der Waals surface area contributed by atoms with Crippen molar-refractivity contribution < 1.29 is 14.3 Å². The third-order valence-corrected chi connectivity index (χ3v) is 6.49. The van der Waals surface area contributed by atoms with Gasteiger partial charge in [0.15, 0.2) is 11.5 Å². The molecule has 1 saturated heterocycles. The third-order valence-electron chi connectivity index (χ3n) is 6.49. The molecule has 1 atom stereocenters. The first-order valence-corrected chi connectivity index (χ1v) is 12.5. The van der Waals surface area contributed by atoms with Gasteiger partial charge in [0.2, 0.25) is 5.91 Å². The van der Waals surface area contributed by atoms with Crippen LogP contribution in [0.25, 0.3) is 5.69 Å². The van der Waals surface area contributed by atoms with E-state index in [9.17, 15) is 9.59 Å². The topological polar surface area (TPSA) is 85.7 Å². The molecule has 1 aliphatic heterocycles. The van der Waals surface area contributed by atoms with Gasteiger partial charge in [-0.15, -0.1) is 5.10 Å². The summed E-state index contributed by atoms with van der Waals surface area (Å²) in [7, 11) is 1.61. The van der Waals surface area contributed by atoms with Crippen molar-refractivity contribution in [2.75, 3.05) is 31.7 Å². The summed E-state index contributed by atoms with van der Waals surface area (Å²) in [4.78, 5) is 27.6. The van der Waals surface area contributed by atoms with Crippen molar-refractivity contribution in [3.05, 3.63) is 76.1 Å². The highest BCUT2D eigenvalue weighted by Crippen LogP contribution is 2.28. The summed E-state index contributed by atoms with van der Waals surface area (Å²) >= 11 is 0. The van der Waals surface area contributed by atoms with Crippen LogP contribution in [0.5, 0.6) is 11.5 Å². The molecular weight excluding hydrogens is 456 g/mol. The van der Waals surface area contributed by atoms with Crippen molar-refractivity contribution in [1.29, 1.82) is 0 Å². The average Bonchev–Trinajstić information content (AvgIpc) is 2.93. The van der Waals surface area contributed by atoms with Gasteiger partial charge < -0.3 is 19.7 Å². The first kappa shape index (κ1) is 25.3. The lowest BCUT2D eigenvalue weighted by Gasteiger charge is -2.33. The van der Waals surface area contributed by atoms with Crippen molar-refractivity contribution in [3.8, 4) is 17.2 Å². The number of nitrogens with one attached hydrogen (secondary N) is 1. The molecule has 1 aliphatic rings. The number of nitrogens with zero attached hydrogens (tertiary/aromatic N) is 3. The fourth-order valence-corrected chi connectivity index (χ4v) is 4.46. The second-order valence-corrected chi connectivity index (χ2v) is 8.88. The molecule has 8 nitrogen and oxygen atoms in total. The van der Waals surface area contributed by atoms with Gasteiger partial charge in [-0.05, 0) is 67.6 Å². The molecule has 1 amide bonds. The van der Waals surface area contributed by atoms with E-state index < -0.39 is 0 Å². The van der Waals surface area contributed by atoms with Crippen LogP contribution in [-0.2, 0) is 17.8 Å². The highest BCUT2D eigenvalue weighted by Gasteiger charge is 2.27. The standard InChI is InChI=1S/C28H34N4O4/c1-4-20-8-11-23(12-9-20)32-27(33)15-14-26(30-32)31-16-6-7-22(19-31)28(34)29-18-21-10-13-24(36-5-2)25(17-21)35-3/h8-15,17,22H,4-7,16,18-19H2,1-3H3,(H,29,34)/t22-/m1/s1. The van der Waals surface area contributed by atoms with Crippen molar-refractivity contribution in [2.45, 2.75) is 39.7 Å². The normalized spacial score (nSPS) is 15.4. The van der Waals surface area contributed by atoms with Gasteiger partial charge >= 0.3 is 0 Å². The van der Waals surface area contributed by atoms with E-state index in [0.29, 0.717) is 37.0 Å². The summed E-state index contributed by atoms with van der Waals surface area (Å²) in [5, 5.41) is 7.69. The van der Waals surface area contributed by atoms with Crippen molar-refractivity contribution >= 4 is 11.7 Å². The number of carbonyl (C=O) groups is 1. The van der Waals surface area contributed by atoms with E-state index in [1.807, 2.05) is 49.4 Å². The second-order valence-electron chi connectivity index (χ2n) is 8.88. The van der Waals surface area contributed by atoms with E-state index in [4.69, 9.17) is 9.47 Å². The molecule has 3 aromatic rings. The van der Waals surface area contributed by atoms with Crippen LogP contribution in [0.4, 0.5) is 5.82 Å². The zero-order chi connectivity index (χ0) is 25.5. The highest BCUT2D eigenvalue weighted by atomic mass is 16.5. The van der Waals surface area contributed by atoms with E-state index in [1.54, 1.807) is 19.2 Å². The number of hydrogen-bond donors (Lipinski definition) is 1. The predicted octanol–water partition coefficient (Wildman–Crippen LogP) is 3.74. The van der Waals surface area contributed by atoms with E-state index in [2.05, 4.69) is 22.2 Å². The summed E-state index contributed by atoms with van der Waals surface area (Å²) in [5.74, 6) is 1.89. The summed E-state index contributed by atoms with van der Waals surface area (Å²) in [6.45, 7) is 6.34. The molecule has 0 bridgehead atoms. The molecule has 1 fully saturated rings. The summed E-state index contributed by atoms with van der Waals surface area (Å²) < 4.78 is 12.4. The van der Waals surface area contributed by atoms with Crippen LogP contribution >= 0.6 is 0 Å². The fourth-order valence-electron chi connectivity index (χ4n) is 4.46. The molecule has 0 unspecified atom stereocenters. The Hall–Kier alpha value is -3.81. The maximum absolute atomic E-state index is 13.0. The van der Waals surface area contributed by atoms with Crippen molar-refractivity contribution in [2.24, 2.45) is 5.92 Å². The minimum absolute atomic E-state index is 0.0102. The van der Waals surface area contributed by atoms with Crippen LogP contribution in [0.2, 0.25) is 0 Å². The Morgan fingerprint density at radius 3 is 2.56 bits per heavy atom. The molecular formula is C28H34N4O4. The fraction of sp³-hybridized carbons (Fsp3) is 0.393. The number of rotatable bonds is 9. The Kier molecular flexibility index (Phi) is 8.25. The van der Waals surface area contributed by atoms with Gasteiger partial charge in [-0.25, -0.2) is 0 Å². The summed E-state index contributed by atoms with van der Waals surface area (Å²) in [6, 6.07) is 16.8. The molecule has 36 heavy (non-hydrogen) atoms. The van der Waals surface area contributed by atoms with Crippen LogP contribution in [0.3, 0.4) is 0 Å². The number of aryl methyl sites for hydroxylation is 1. The lowest BCUT2D eigenvalue weighted by molar-refractivity contribution is -0.125. The number of piperidine rings is 1. The molecule has 0 radical (unpaired) electrons. The molecule has 2 heterocycles. The molecule has 0 aliphatic carbocycles. The zero-order valence-electron chi connectivity index (χ0n) is 21.2. The average molecular weight is 491 g/mol. The number of anilines is 1. The summed E-state index contributed by atoms with van der Waals surface area (Å²) in [6.07, 6.45) is 2.63. The SMILES string of the molecule is CCOc1ccc(CNC(=O)[C@@H]2CCCN(c3ccc(=O)n(-c4ccc(CC)cc4)n3)C2)cc1OC.